The molecular weight excluding hydrogens is 487 g/mol. The molecule has 2 aromatic carbocycles. The van der Waals surface area contributed by atoms with Crippen LogP contribution in [-0.4, -0.2) is 24.4 Å². The molecule has 1 atom stereocenters. The van der Waals surface area contributed by atoms with Crippen LogP contribution in [-0.2, 0) is 19.1 Å². The fourth-order valence-corrected chi connectivity index (χ4v) is 4.51. The monoisotopic (exact) mass is 510 g/mol. The molecule has 0 aromatic heterocycles. The lowest BCUT2D eigenvalue weighted by atomic mass is 9.70. The predicted octanol–water partition coefficient (Wildman–Crippen LogP) is 7.03. The average Bonchev–Trinajstić information content (AvgIpc) is 2.79. The molecule has 0 radical (unpaired) electrons. The van der Waals surface area contributed by atoms with Gasteiger partial charge in [-0.05, 0) is 54.3 Å². The van der Waals surface area contributed by atoms with E-state index in [-0.39, 0.29) is 29.3 Å². The number of hydrogen-bond donors (Lipinski definition) is 0. The van der Waals surface area contributed by atoms with Gasteiger partial charge in [0, 0.05) is 28.5 Å². The summed E-state index contributed by atoms with van der Waals surface area (Å²) in [5.74, 6) is -0.911. The molecule has 1 unspecified atom stereocenters. The first-order valence-corrected chi connectivity index (χ1v) is 12.0. The predicted molar refractivity (Wildman–Crippen MR) is 135 cm³/mol. The zero-order chi connectivity index (χ0) is 25.2. The van der Waals surface area contributed by atoms with Crippen LogP contribution in [0.5, 0.6) is 0 Å². The van der Waals surface area contributed by atoms with Crippen LogP contribution < -0.4 is 0 Å². The highest BCUT2D eigenvalue weighted by Gasteiger charge is 2.45. The van der Waals surface area contributed by atoms with Gasteiger partial charge in [0.25, 0.3) is 0 Å². The average molecular weight is 511 g/mol. The molecule has 0 N–H and O–H groups in total. The van der Waals surface area contributed by atoms with Gasteiger partial charge in [-0.2, -0.15) is 4.99 Å². The molecule has 0 saturated heterocycles. The first-order chi connectivity index (χ1) is 16.7. The second-order valence-electron chi connectivity index (χ2n) is 9.10. The van der Waals surface area contributed by atoms with Gasteiger partial charge in [-0.25, -0.2) is 4.79 Å². The Morgan fingerprint density at radius 3 is 2.31 bits per heavy atom. The molecule has 0 saturated carbocycles. The summed E-state index contributed by atoms with van der Waals surface area (Å²) in [6.45, 7) is 5.87. The van der Waals surface area contributed by atoms with Crippen molar-refractivity contribution in [2.75, 3.05) is 6.61 Å². The first kappa shape index (κ1) is 24.9. The van der Waals surface area contributed by atoms with Crippen molar-refractivity contribution in [2.45, 2.75) is 39.5 Å². The Balaban J connectivity index is 1.88. The minimum atomic E-state index is -0.713. The summed E-state index contributed by atoms with van der Waals surface area (Å²) in [5, 5.41) is 1.12. The lowest BCUT2D eigenvalue weighted by molar-refractivity contribution is -0.139. The summed E-state index contributed by atoms with van der Waals surface area (Å²) in [6, 6.07) is 16.5. The standard InChI is InChI=1S/C27H24Cl2N2O4/c1-4-34-26(33)24-22(16-5-7-17(28)8-6-16)23-20(32)13-27(2,3)14-21(23)35-25(24)31-15-30-19-11-9-18(29)10-12-19/h5-12,22H,4,13-14H2,1-3H3. The van der Waals surface area contributed by atoms with Gasteiger partial charge in [0.2, 0.25) is 5.88 Å². The number of rotatable bonds is 5. The van der Waals surface area contributed by atoms with E-state index in [1.54, 1.807) is 55.5 Å². The van der Waals surface area contributed by atoms with Crippen molar-refractivity contribution in [3.05, 3.63) is 86.9 Å². The van der Waals surface area contributed by atoms with E-state index in [1.165, 1.54) is 0 Å². The molecule has 0 spiro atoms. The number of nitrogens with zero attached hydrogens (tertiary/aromatic N) is 2. The molecular formula is C27H24Cl2N2O4. The molecule has 0 bridgehead atoms. The van der Waals surface area contributed by atoms with E-state index in [1.807, 2.05) is 13.8 Å². The molecule has 6 nitrogen and oxygen atoms in total. The van der Waals surface area contributed by atoms with Crippen molar-refractivity contribution in [1.29, 1.82) is 0 Å². The van der Waals surface area contributed by atoms with E-state index in [0.717, 1.165) is 0 Å². The van der Waals surface area contributed by atoms with Crippen LogP contribution in [0.1, 0.15) is 45.1 Å². The molecule has 0 fully saturated rings. The second kappa shape index (κ2) is 10.2. The normalized spacial score (nSPS) is 18.9. The van der Waals surface area contributed by atoms with E-state index in [0.29, 0.717) is 45.5 Å². The summed E-state index contributed by atoms with van der Waals surface area (Å²) in [7, 11) is 0. The van der Waals surface area contributed by atoms with Crippen LogP contribution in [0, 0.1) is 5.41 Å². The van der Waals surface area contributed by atoms with Gasteiger partial charge in [0.1, 0.15) is 17.3 Å². The first-order valence-electron chi connectivity index (χ1n) is 11.2. The Kier molecular flexibility index (Phi) is 7.27. The number of ether oxygens (including phenoxy) is 2. The Morgan fingerprint density at radius 1 is 1.06 bits per heavy atom. The van der Waals surface area contributed by atoms with Crippen LogP contribution >= 0.6 is 23.2 Å². The molecule has 2 aromatic rings. The fraction of sp³-hybridized carbons (Fsp3) is 0.296. The third kappa shape index (κ3) is 5.57. The Bertz CT molecular complexity index is 1290. The summed E-state index contributed by atoms with van der Waals surface area (Å²) in [5.41, 5.74) is 1.57. The molecule has 8 heteroatoms. The fourth-order valence-electron chi connectivity index (χ4n) is 4.26. The van der Waals surface area contributed by atoms with Crippen molar-refractivity contribution in [1.82, 2.24) is 0 Å². The SMILES string of the molecule is CCOC(=O)C1=C(N=C=Nc2ccc(Cl)cc2)OC2=C(C(=O)CC(C)(C)C2)C1c1ccc(Cl)cc1. The highest BCUT2D eigenvalue weighted by molar-refractivity contribution is 6.30. The van der Waals surface area contributed by atoms with Crippen LogP contribution in [0.15, 0.2) is 81.3 Å². The van der Waals surface area contributed by atoms with Crippen LogP contribution in [0.25, 0.3) is 0 Å². The second-order valence-corrected chi connectivity index (χ2v) is 9.98. The molecule has 180 valence electrons. The van der Waals surface area contributed by atoms with Crippen LogP contribution in [0.2, 0.25) is 10.0 Å². The highest BCUT2D eigenvalue weighted by Crippen LogP contribution is 2.49. The molecule has 1 aliphatic carbocycles. The largest absolute Gasteiger partial charge is 0.462 e. The molecule has 0 amide bonds. The molecule has 1 heterocycles. The van der Waals surface area contributed by atoms with Crippen LogP contribution in [0.3, 0.4) is 0 Å². The maximum Gasteiger partial charge on any atom is 0.340 e. The van der Waals surface area contributed by atoms with Gasteiger partial charge in [0.15, 0.2) is 5.78 Å². The maximum absolute atomic E-state index is 13.3. The van der Waals surface area contributed by atoms with E-state index in [9.17, 15) is 9.59 Å². The lowest BCUT2D eigenvalue weighted by Gasteiger charge is -2.37. The number of esters is 1. The number of hydrogen-bond acceptors (Lipinski definition) is 6. The van der Waals surface area contributed by atoms with E-state index in [2.05, 4.69) is 16.0 Å². The zero-order valence-corrected chi connectivity index (χ0v) is 21.1. The summed E-state index contributed by atoms with van der Waals surface area (Å²) in [6.07, 6.45) is 0.855. The minimum Gasteiger partial charge on any atom is -0.462 e. The van der Waals surface area contributed by atoms with Gasteiger partial charge in [0.05, 0.1) is 18.2 Å². The smallest absolute Gasteiger partial charge is 0.340 e. The van der Waals surface area contributed by atoms with Crippen molar-refractivity contribution in [3.8, 4) is 0 Å². The van der Waals surface area contributed by atoms with Gasteiger partial charge < -0.3 is 9.47 Å². The highest BCUT2D eigenvalue weighted by atomic mass is 35.5. The number of Topliss-reactive ketones (excluding diaryl/α,β-unsaturated/α-hetero) is 1. The van der Waals surface area contributed by atoms with Crippen molar-refractivity contribution < 1.29 is 19.1 Å². The Labute approximate surface area is 214 Å². The third-order valence-corrected chi connectivity index (χ3v) is 6.27. The summed E-state index contributed by atoms with van der Waals surface area (Å²) < 4.78 is 11.5. The Morgan fingerprint density at radius 2 is 1.69 bits per heavy atom. The topological polar surface area (TPSA) is 77.3 Å². The van der Waals surface area contributed by atoms with E-state index < -0.39 is 11.9 Å². The van der Waals surface area contributed by atoms with Crippen molar-refractivity contribution in [2.24, 2.45) is 15.4 Å². The molecule has 2 aliphatic rings. The number of aliphatic imine (C=N–C) groups is 2. The summed E-state index contributed by atoms with van der Waals surface area (Å²) in [4.78, 5) is 35.0. The van der Waals surface area contributed by atoms with Crippen LogP contribution in [0.4, 0.5) is 5.69 Å². The number of carbonyl (C=O) groups is 2. The number of carbonyl (C=O) groups excluding carboxylic acids is 2. The van der Waals surface area contributed by atoms with E-state index >= 15 is 0 Å². The quantitative estimate of drug-likeness (QED) is 0.319. The third-order valence-electron chi connectivity index (χ3n) is 5.76. The molecule has 4 rings (SSSR count). The molecule has 35 heavy (non-hydrogen) atoms. The maximum atomic E-state index is 13.3. The van der Waals surface area contributed by atoms with Gasteiger partial charge >= 0.3 is 5.97 Å². The summed E-state index contributed by atoms with van der Waals surface area (Å²) >= 11 is 12.0. The van der Waals surface area contributed by atoms with Gasteiger partial charge in [-0.1, -0.05) is 49.2 Å². The number of halogens is 2. The van der Waals surface area contributed by atoms with Gasteiger partial charge in [-0.15, -0.1) is 4.99 Å². The minimum absolute atomic E-state index is 0.00497. The Hall–Kier alpha value is -3.18. The van der Waals surface area contributed by atoms with Gasteiger partial charge in [-0.3, -0.25) is 4.79 Å². The van der Waals surface area contributed by atoms with E-state index in [4.69, 9.17) is 32.7 Å². The number of ketones is 1. The molecule has 1 aliphatic heterocycles. The zero-order valence-electron chi connectivity index (χ0n) is 19.6. The van der Waals surface area contributed by atoms with Crippen molar-refractivity contribution >= 4 is 46.7 Å². The number of benzene rings is 2. The lowest BCUT2D eigenvalue weighted by Crippen LogP contribution is -2.34. The van der Waals surface area contributed by atoms with Crippen molar-refractivity contribution in [3.63, 3.8) is 0 Å². The number of allylic oxidation sites excluding steroid dienone is 2.